The number of rotatable bonds is 5. The summed E-state index contributed by atoms with van der Waals surface area (Å²) < 4.78 is 5.63. The molecule has 0 radical (unpaired) electrons. The van der Waals surface area contributed by atoms with E-state index >= 15 is 0 Å². The van der Waals surface area contributed by atoms with Crippen molar-refractivity contribution in [1.29, 1.82) is 0 Å². The zero-order valence-corrected chi connectivity index (χ0v) is 21.7. The highest BCUT2D eigenvalue weighted by Gasteiger charge is 2.73. The van der Waals surface area contributed by atoms with Gasteiger partial charge in [-0.3, -0.25) is 19.3 Å². The Morgan fingerprint density at radius 1 is 0.972 bits per heavy atom. The third-order valence-electron chi connectivity index (χ3n) is 8.33. The maximum atomic E-state index is 14.2. The van der Waals surface area contributed by atoms with Gasteiger partial charge in [0.05, 0.1) is 17.9 Å². The summed E-state index contributed by atoms with van der Waals surface area (Å²) in [6.07, 6.45) is 1.78. The van der Waals surface area contributed by atoms with E-state index in [0.717, 1.165) is 40.0 Å². The second kappa shape index (κ2) is 8.30. The maximum Gasteiger partial charge on any atom is 0.243 e. The van der Waals surface area contributed by atoms with Gasteiger partial charge in [0.25, 0.3) is 0 Å². The average Bonchev–Trinajstić information content (AvgIpc) is 3.48. The molecule has 2 bridgehead atoms. The summed E-state index contributed by atoms with van der Waals surface area (Å²) in [4.78, 5) is 40.4. The van der Waals surface area contributed by atoms with Gasteiger partial charge in [-0.2, -0.15) is 0 Å². The van der Waals surface area contributed by atoms with Crippen LogP contribution in [0.4, 0.5) is 0 Å². The molecule has 2 aromatic carbocycles. The van der Waals surface area contributed by atoms with Crippen molar-refractivity contribution >= 4 is 40.9 Å². The first kappa shape index (κ1) is 24.0. The van der Waals surface area contributed by atoms with Crippen molar-refractivity contribution in [3.05, 3.63) is 70.8 Å². The summed E-state index contributed by atoms with van der Waals surface area (Å²) in [5.74, 6) is -3.39. The lowest BCUT2D eigenvalue weighted by Gasteiger charge is -2.54. The van der Waals surface area contributed by atoms with Gasteiger partial charge in [0, 0.05) is 13.2 Å². The molecule has 1 N–H and O–H groups in total. The Morgan fingerprint density at radius 3 is 1.83 bits per heavy atom. The molecule has 0 unspecified atom stereocenters. The number of halogens is 2. The number of nitrogens with one attached hydrogen (secondary N) is 1. The van der Waals surface area contributed by atoms with Crippen LogP contribution in [-0.2, 0) is 28.9 Å². The first-order chi connectivity index (χ1) is 17.2. The predicted octanol–water partition coefficient (Wildman–Crippen LogP) is 3.90. The molecule has 3 aliphatic carbocycles. The zero-order chi connectivity index (χ0) is 25.4. The molecule has 2 fully saturated rings. The number of imide groups is 1. The van der Waals surface area contributed by atoms with Crippen molar-refractivity contribution in [2.24, 2.45) is 17.8 Å². The summed E-state index contributed by atoms with van der Waals surface area (Å²) in [5.41, 5.74) is 2.98. The standard InChI is InChI=1S/C28H28Cl2N2O4/c1-15(2)23(24(33)31-14-16-8-7-13-36-16)32-25(34)21-22(26(32)35)28(30)18-10-4-3-9-17(18)27(21,29)19-11-5-6-12-20(19)28/h3-6,9-12,15-16,21-23H,7-8,13-14H2,1-2H3,(H,31,33)/t16-,21-,22-,23-,27?,28?/m0/s1. The van der Waals surface area contributed by atoms with Crippen LogP contribution in [0.5, 0.6) is 0 Å². The Balaban J connectivity index is 1.44. The lowest BCUT2D eigenvalue weighted by atomic mass is 9.54. The van der Waals surface area contributed by atoms with Crippen LogP contribution >= 0.6 is 23.2 Å². The molecule has 3 amide bonds. The van der Waals surface area contributed by atoms with Gasteiger partial charge in [0.1, 0.15) is 15.8 Å². The molecule has 2 saturated heterocycles. The van der Waals surface area contributed by atoms with Crippen LogP contribution in [0.15, 0.2) is 48.5 Å². The Kier molecular flexibility index (Phi) is 5.52. The number of amides is 3. The van der Waals surface area contributed by atoms with E-state index in [0.29, 0.717) is 13.2 Å². The highest BCUT2D eigenvalue weighted by molar-refractivity contribution is 6.36. The molecule has 2 aliphatic heterocycles. The van der Waals surface area contributed by atoms with Gasteiger partial charge in [-0.1, -0.05) is 62.4 Å². The number of carbonyl (C=O) groups is 3. The Bertz CT molecular complexity index is 1150. The van der Waals surface area contributed by atoms with Crippen LogP contribution in [0, 0.1) is 17.8 Å². The van der Waals surface area contributed by atoms with E-state index in [1.54, 1.807) is 0 Å². The fourth-order valence-corrected chi connectivity index (χ4v) is 7.90. The van der Waals surface area contributed by atoms with Crippen molar-refractivity contribution < 1.29 is 19.1 Å². The minimum atomic E-state index is -1.26. The normalized spacial score (nSPS) is 32.9. The first-order valence-electron chi connectivity index (χ1n) is 12.6. The first-order valence-corrected chi connectivity index (χ1v) is 13.3. The minimum absolute atomic E-state index is 0.0496. The van der Waals surface area contributed by atoms with Gasteiger partial charge < -0.3 is 10.1 Å². The highest BCUT2D eigenvalue weighted by Crippen LogP contribution is 2.69. The fourth-order valence-electron chi connectivity index (χ4n) is 6.81. The molecule has 188 valence electrons. The third kappa shape index (κ3) is 2.98. The highest BCUT2D eigenvalue weighted by atomic mass is 35.5. The molecular formula is C28H28Cl2N2O4. The summed E-state index contributed by atoms with van der Waals surface area (Å²) in [6, 6.07) is 14.1. The largest absolute Gasteiger partial charge is 0.376 e. The van der Waals surface area contributed by atoms with Crippen LogP contribution in [0.1, 0.15) is 48.9 Å². The fraction of sp³-hybridized carbons (Fsp3) is 0.464. The van der Waals surface area contributed by atoms with Crippen molar-refractivity contribution in [2.75, 3.05) is 13.2 Å². The van der Waals surface area contributed by atoms with E-state index in [2.05, 4.69) is 5.32 Å². The maximum absolute atomic E-state index is 14.2. The molecule has 7 rings (SSSR count). The lowest BCUT2D eigenvalue weighted by Crippen LogP contribution is -2.57. The van der Waals surface area contributed by atoms with E-state index < -0.39 is 39.4 Å². The van der Waals surface area contributed by atoms with E-state index in [9.17, 15) is 14.4 Å². The quantitative estimate of drug-likeness (QED) is 0.473. The van der Waals surface area contributed by atoms with Gasteiger partial charge in [-0.05, 0) is 41.0 Å². The van der Waals surface area contributed by atoms with Crippen molar-refractivity contribution in [3.63, 3.8) is 0 Å². The van der Waals surface area contributed by atoms with Crippen molar-refractivity contribution in [3.8, 4) is 0 Å². The molecule has 8 heteroatoms. The van der Waals surface area contributed by atoms with E-state index in [-0.39, 0.29) is 17.9 Å². The zero-order valence-electron chi connectivity index (χ0n) is 20.2. The number of hydrogen-bond acceptors (Lipinski definition) is 4. The minimum Gasteiger partial charge on any atom is -0.376 e. The Labute approximate surface area is 220 Å². The number of alkyl halides is 2. The summed E-state index contributed by atoms with van der Waals surface area (Å²) in [6.45, 7) is 4.70. The molecule has 5 aliphatic rings. The molecule has 2 heterocycles. The third-order valence-corrected chi connectivity index (χ3v) is 9.61. The van der Waals surface area contributed by atoms with E-state index in [1.807, 2.05) is 62.4 Å². The summed E-state index contributed by atoms with van der Waals surface area (Å²) in [5, 5.41) is 2.92. The molecule has 0 spiro atoms. The monoisotopic (exact) mass is 526 g/mol. The van der Waals surface area contributed by atoms with Gasteiger partial charge in [-0.25, -0.2) is 0 Å². The second-order valence-corrected chi connectivity index (χ2v) is 11.8. The molecular weight excluding hydrogens is 499 g/mol. The average molecular weight is 527 g/mol. The van der Waals surface area contributed by atoms with E-state index in [1.165, 1.54) is 0 Å². The smallest absolute Gasteiger partial charge is 0.243 e. The van der Waals surface area contributed by atoms with Crippen LogP contribution < -0.4 is 5.32 Å². The van der Waals surface area contributed by atoms with Gasteiger partial charge in [0.15, 0.2) is 0 Å². The van der Waals surface area contributed by atoms with Crippen LogP contribution in [0.25, 0.3) is 0 Å². The van der Waals surface area contributed by atoms with Gasteiger partial charge in [-0.15, -0.1) is 23.2 Å². The Morgan fingerprint density at radius 2 is 1.44 bits per heavy atom. The van der Waals surface area contributed by atoms with Gasteiger partial charge in [0.2, 0.25) is 17.7 Å². The molecule has 6 nitrogen and oxygen atoms in total. The summed E-state index contributed by atoms with van der Waals surface area (Å²) in [7, 11) is 0. The SMILES string of the molecule is CC(C)[C@@H](C(=O)NC[C@@H]1CCCO1)N1C(=O)[C@@H]2[C@@H](C1=O)C1(Cl)c3ccccc3C2(Cl)c2ccccc21. The predicted molar refractivity (Wildman–Crippen MR) is 136 cm³/mol. The number of nitrogens with zero attached hydrogens (tertiary/aromatic N) is 1. The lowest BCUT2D eigenvalue weighted by molar-refractivity contribution is -0.149. The van der Waals surface area contributed by atoms with Gasteiger partial charge >= 0.3 is 0 Å². The molecule has 4 atom stereocenters. The number of benzene rings is 2. The number of hydrogen-bond donors (Lipinski definition) is 1. The second-order valence-electron chi connectivity index (χ2n) is 10.6. The van der Waals surface area contributed by atoms with E-state index in [4.69, 9.17) is 27.9 Å². The van der Waals surface area contributed by atoms with Crippen molar-refractivity contribution in [1.82, 2.24) is 10.2 Å². The molecule has 0 saturated carbocycles. The number of likely N-dealkylation sites (tertiary alicyclic amines) is 1. The van der Waals surface area contributed by atoms with Crippen molar-refractivity contribution in [2.45, 2.75) is 48.6 Å². The van der Waals surface area contributed by atoms with Crippen LogP contribution in [-0.4, -0.2) is 47.9 Å². The molecule has 0 aromatic heterocycles. The topological polar surface area (TPSA) is 75.7 Å². The molecule has 2 aromatic rings. The number of ether oxygens (including phenoxy) is 1. The van der Waals surface area contributed by atoms with Crippen LogP contribution in [0.3, 0.4) is 0 Å². The van der Waals surface area contributed by atoms with Crippen LogP contribution in [0.2, 0.25) is 0 Å². The number of carbonyl (C=O) groups excluding carboxylic acids is 3. The Hall–Kier alpha value is -2.41. The molecule has 36 heavy (non-hydrogen) atoms. The summed E-state index contributed by atoms with van der Waals surface area (Å²) >= 11 is 15.0.